The summed E-state index contributed by atoms with van der Waals surface area (Å²) >= 11 is 0. The molecule has 1 heterocycles. The standard InChI is InChI=1S/C15H27NO2/c1-9-5-4-6-13-14(9)16-11(3)12(15(13)18)8-7-10(2)17/h9,11-16,18H,4-8H2,1-3H3. The number of hydrogen-bond donors (Lipinski definition) is 2. The number of piperidine rings is 1. The summed E-state index contributed by atoms with van der Waals surface area (Å²) in [5, 5.41) is 14.3. The molecule has 2 N–H and O–H groups in total. The van der Waals surface area contributed by atoms with Crippen LogP contribution in [0.2, 0.25) is 0 Å². The molecule has 2 rings (SSSR count). The fourth-order valence-electron chi connectivity index (χ4n) is 3.96. The molecule has 0 aromatic rings. The van der Waals surface area contributed by atoms with Gasteiger partial charge in [-0.15, -0.1) is 0 Å². The quantitative estimate of drug-likeness (QED) is 0.810. The van der Waals surface area contributed by atoms with Crippen LogP contribution in [0.1, 0.15) is 52.9 Å². The molecule has 0 aromatic heterocycles. The minimum Gasteiger partial charge on any atom is -0.392 e. The maximum Gasteiger partial charge on any atom is 0.129 e. The van der Waals surface area contributed by atoms with Crippen molar-refractivity contribution >= 4 is 5.78 Å². The van der Waals surface area contributed by atoms with Gasteiger partial charge in [0.2, 0.25) is 0 Å². The summed E-state index contributed by atoms with van der Waals surface area (Å²) in [4.78, 5) is 11.1. The number of fused-ring (bicyclic) bond motifs is 1. The molecule has 2 fully saturated rings. The van der Waals surface area contributed by atoms with Crippen molar-refractivity contribution in [1.82, 2.24) is 5.32 Å². The van der Waals surface area contributed by atoms with Crippen LogP contribution in [0.3, 0.4) is 0 Å². The van der Waals surface area contributed by atoms with Crippen LogP contribution < -0.4 is 5.32 Å². The molecule has 1 aliphatic carbocycles. The molecule has 1 saturated heterocycles. The number of ketones is 1. The van der Waals surface area contributed by atoms with Gasteiger partial charge in [-0.05, 0) is 39.0 Å². The Morgan fingerprint density at radius 1 is 1.33 bits per heavy atom. The van der Waals surface area contributed by atoms with Crippen LogP contribution in [0.25, 0.3) is 0 Å². The molecule has 6 atom stereocenters. The van der Waals surface area contributed by atoms with E-state index in [4.69, 9.17) is 0 Å². The van der Waals surface area contributed by atoms with Gasteiger partial charge in [0.25, 0.3) is 0 Å². The lowest BCUT2D eigenvalue weighted by atomic mass is 9.67. The zero-order valence-corrected chi connectivity index (χ0v) is 11.9. The summed E-state index contributed by atoms with van der Waals surface area (Å²) in [6.45, 7) is 6.09. The van der Waals surface area contributed by atoms with Gasteiger partial charge < -0.3 is 15.2 Å². The number of aliphatic hydroxyl groups excluding tert-OH is 1. The predicted octanol–water partition coefficient (Wildman–Crippen LogP) is 2.13. The van der Waals surface area contributed by atoms with E-state index in [2.05, 4.69) is 19.2 Å². The molecule has 18 heavy (non-hydrogen) atoms. The van der Waals surface area contributed by atoms with Crippen molar-refractivity contribution in [3.63, 3.8) is 0 Å². The van der Waals surface area contributed by atoms with Crippen LogP contribution >= 0.6 is 0 Å². The van der Waals surface area contributed by atoms with Crippen molar-refractivity contribution in [3.8, 4) is 0 Å². The zero-order chi connectivity index (χ0) is 13.3. The van der Waals surface area contributed by atoms with Crippen LogP contribution in [0.5, 0.6) is 0 Å². The molecule has 6 unspecified atom stereocenters. The molecule has 2 aliphatic rings. The highest BCUT2D eigenvalue weighted by molar-refractivity contribution is 5.75. The molecular weight excluding hydrogens is 226 g/mol. The molecule has 1 aliphatic heterocycles. The third kappa shape index (κ3) is 2.77. The van der Waals surface area contributed by atoms with E-state index in [9.17, 15) is 9.90 Å². The minimum atomic E-state index is -0.228. The highest BCUT2D eigenvalue weighted by Crippen LogP contribution is 2.39. The Morgan fingerprint density at radius 3 is 2.72 bits per heavy atom. The van der Waals surface area contributed by atoms with Crippen LogP contribution in [0, 0.1) is 17.8 Å². The normalized spacial score (nSPS) is 44.4. The average molecular weight is 253 g/mol. The Labute approximate surface area is 110 Å². The maximum atomic E-state index is 11.1. The van der Waals surface area contributed by atoms with Crippen molar-refractivity contribution < 1.29 is 9.90 Å². The van der Waals surface area contributed by atoms with Crippen molar-refractivity contribution in [2.75, 3.05) is 0 Å². The van der Waals surface area contributed by atoms with Crippen LogP contribution in [-0.4, -0.2) is 29.1 Å². The van der Waals surface area contributed by atoms with Gasteiger partial charge in [0.05, 0.1) is 6.10 Å². The third-order valence-corrected chi connectivity index (χ3v) is 5.08. The van der Waals surface area contributed by atoms with Crippen LogP contribution in [0.4, 0.5) is 0 Å². The van der Waals surface area contributed by atoms with E-state index in [1.807, 2.05) is 0 Å². The van der Waals surface area contributed by atoms with Gasteiger partial charge in [-0.25, -0.2) is 0 Å². The van der Waals surface area contributed by atoms with Crippen molar-refractivity contribution in [2.45, 2.75) is 71.1 Å². The van der Waals surface area contributed by atoms with Crippen LogP contribution in [0.15, 0.2) is 0 Å². The average Bonchev–Trinajstić information content (AvgIpc) is 2.30. The summed E-state index contributed by atoms with van der Waals surface area (Å²) in [5.74, 6) is 1.52. The van der Waals surface area contributed by atoms with E-state index in [1.54, 1.807) is 6.92 Å². The van der Waals surface area contributed by atoms with Gasteiger partial charge in [-0.2, -0.15) is 0 Å². The number of nitrogens with one attached hydrogen (secondary N) is 1. The number of carbonyl (C=O) groups excluding carboxylic acids is 1. The smallest absolute Gasteiger partial charge is 0.129 e. The monoisotopic (exact) mass is 253 g/mol. The van der Waals surface area contributed by atoms with Gasteiger partial charge in [-0.3, -0.25) is 0 Å². The predicted molar refractivity (Wildman–Crippen MR) is 72.3 cm³/mol. The lowest BCUT2D eigenvalue weighted by molar-refractivity contribution is -0.118. The van der Waals surface area contributed by atoms with E-state index in [-0.39, 0.29) is 17.8 Å². The van der Waals surface area contributed by atoms with E-state index in [0.717, 1.165) is 12.8 Å². The SMILES string of the molecule is CC(=O)CCC1C(C)NC2C(C)CCCC2C1O. The van der Waals surface area contributed by atoms with Gasteiger partial charge in [0, 0.05) is 30.3 Å². The number of rotatable bonds is 3. The first kappa shape index (κ1) is 14.0. The molecule has 104 valence electrons. The summed E-state index contributed by atoms with van der Waals surface area (Å²) < 4.78 is 0. The summed E-state index contributed by atoms with van der Waals surface area (Å²) in [6.07, 6.45) is 4.82. The lowest BCUT2D eigenvalue weighted by Crippen LogP contribution is -2.61. The number of hydrogen-bond acceptors (Lipinski definition) is 3. The highest BCUT2D eigenvalue weighted by Gasteiger charge is 2.44. The fourth-order valence-corrected chi connectivity index (χ4v) is 3.96. The van der Waals surface area contributed by atoms with Gasteiger partial charge >= 0.3 is 0 Å². The molecule has 0 amide bonds. The van der Waals surface area contributed by atoms with Gasteiger partial charge in [0.15, 0.2) is 0 Å². The fraction of sp³-hybridized carbons (Fsp3) is 0.933. The first-order chi connectivity index (χ1) is 8.50. The molecule has 3 heteroatoms. The zero-order valence-electron chi connectivity index (χ0n) is 11.9. The summed E-state index contributed by atoms with van der Waals surface area (Å²) in [7, 11) is 0. The Morgan fingerprint density at radius 2 is 2.06 bits per heavy atom. The summed E-state index contributed by atoms with van der Waals surface area (Å²) in [6, 6.07) is 0.790. The Kier molecular flexibility index (Phi) is 4.44. The van der Waals surface area contributed by atoms with Crippen molar-refractivity contribution in [1.29, 1.82) is 0 Å². The topological polar surface area (TPSA) is 49.3 Å². The molecule has 0 aromatic carbocycles. The largest absolute Gasteiger partial charge is 0.392 e. The Balaban J connectivity index is 2.03. The molecule has 3 nitrogen and oxygen atoms in total. The second kappa shape index (κ2) is 5.70. The van der Waals surface area contributed by atoms with E-state index in [1.165, 1.54) is 12.8 Å². The second-order valence-electron chi connectivity index (χ2n) is 6.45. The Bertz CT molecular complexity index is 305. The van der Waals surface area contributed by atoms with Gasteiger partial charge in [-0.1, -0.05) is 13.3 Å². The highest BCUT2D eigenvalue weighted by atomic mass is 16.3. The lowest BCUT2D eigenvalue weighted by Gasteiger charge is -2.49. The van der Waals surface area contributed by atoms with E-state index >= 15 is 0 Å². The maximum absolute atomic E-state index is 11.1. The molecule has 0 spiro atoms. The first-order valence-corrected chi connectivity index (χ1v) is 7.44. The molecular formula is C15H27NO2. The number of carbonyl (C=O) groups is 1. The number of Topliss-reactive ketones (excluding diaryl/α,β-unsaturated/α-hetero) is 1. The van der Waals surface area contributed by atoms with Crippen LogP contribution in [-0.2, 0) is 4.79 Å². The minimum absolute atomic E-state index is 0.228. The molecule has 0 bridgehead atoms. The van der Waals surface area contributed by atoms with Crippen molar-refractivity contribution in [2.24, 2.45) is 17.8 Å². The first-order valence-electron chi connectivity index (χ1n) is 7.44. The second-order valence-corrected chi connectivity index (χ2v) is 6.45. The van der Waals surface area contributed by atoms with E-state index < -0.39 is 0 Å². The third-order valence-electron chi connectivity index (χ3n) is 5.08. The number of aliphatic hydroxyl groups is 1. The summed E-state index contributed by atoms with van der Waals surface area (Å²) in [5.41, 5.74) is 0. The Hall–Kier alpha value is -0.410. The van der Waals surface area contributed by atoms with Crippen molar-refractivity contribution in [3.05, 3.63) is 0 Å². The van der Waals surface area contributed by atoms with E-state index in [0.29, 0.717) is 30.3 Å². The molecule has 0 radical (unpaired) electrons. The van der Waals surface area contributed by atoms with Gasteiger partial charge in [0.1, 0.15) is 5.78 Å². The molecule has 1 saturated carbocycles.